The van der Waals surface area contributed by atoms with Crippen LogP contribution in [0.4, 0.5) is 0 Å². The molecule has 2 rings (SSSR count). The lowest BCUT2D eigenvalue weighted by Crippen LogP contribution is -1.93. The molecule has 4 nitrogen and oxygen atoms in total. The van der Waals surface area contributed by atoms with Crippen molar-refractivity contribution < 1.29 is 9.63 Å². The van der Waals surface area contributed by atoms with Gasteiger partial charge in [-0.15, -0.1) is 0 Å². The quantitative estimate of drug-likeness (QED) is 0.781. The van der Waals surface area contributed by atoms with Crippen LogP contribution in [-0.2, 0) is 6.42 Å². The van der Waals surface area contributed by atoms with E-state index in [1.165, 1.54) is 18.6 Å². The van der Waals surface area contributed by atoms with Crippen molar-refractivity contribution in [1.82, 2.24) is 10.1 Å². The smallest absolute Gasteiger partial charge is 0.226 e. The molecule has 84 valence electrons. The van der Waals surface area contributed by atoms with Gasteiger partial charge >= 0.3 is 0 Å². The molecule has 1 unspecified atom stereocenters. The molecule has 0 aromatic carbocycles. The molecule has 1 fully saturated rings. The van der Waals surface area contributed by atoms with Crippen LogP contribution in [0.2, 0.25) is 0 Å². The van der Waals surface area contributed by atoms with Crippen LogP contribution in [-0.4, -0.2) is 27.6 Å². The maximum Gasteiger partial charge on any atom is 0.226 e. The van der Waals surface area contributed by atoms with Crippen LogP contribution in [0.5, 0.6) is 0 Å². The van der Waals surface area contributed by atoms with E-state index >= 15 is 0 Å². The van der Waals surface area contributed by atoms with Crippen LogP contribution < -0.4 is 0 Å². The zero-order valence-corrected chi connectivity index (χ0v) is 9.50. The number of aromatic nitrogens is 2. The minimum Gasteiger partial charge on any atom is -0.396 e. The van der Waals surface area contributed by atoms with E-state index in [1.54, 1.807) is 0 Å². The second-order valence-electron chi connectivity index (χ2n) is 3.73. The molecule has 1 saturated heterocycles. The SMILES string of the molecule is OCCCCc1nc(C2CCCS2)no1. The average molecular weight is 228 g/mol. The molecule has 0 saturated carbocycles. The third kappa shape index (κ3) is 2.95. The molecule has 0 bridgehead atoms. The molecule has 1 aliphatic rings. The van der Waals surface area contributed by atoms with Crippen molar-refractivity contribution in [1.29, 1.82) is 0 Å². The number of rotatable bonds is 5. The zero-order chi connectivity index (χ0) is 10.5. The van der Waals surface area contributed by atoms with Crippen molar-refractivity contribution in [3.63, 3.8) is 0 Å². The van der Waals surface area contributed by atoms with Crippen molar-refractivity contribution in [2.75, 3.05) is 12.4 Å². The lowest BCUT2D eigenvalue weighted by molar-refractivity contribution is 0.280. The topological polar surface area (TPSA) is 59.2 Å². The summed E-state index contributed by atoms with van der Waals surface area (Å²) < 4.78 is 5.17. The van der Waals surface area contributed by atoms with Gasteiger partial charge in [-0.3, -0.25) is 0 Å². The fraction of sp³-hybridized carbons (Fsp3) is 0.800. The predicted octanol–water partition coefficient (Wildman–Crippen LogP) is 1.95. The number of aryl methyl sites for hydroxylation is 1. The van der Waals surface area contributed by atoms with Gasteiger partial charge in [-0.2, -0.15) is 16.7 Å². The summed E-state index contributed by atoms with van der Waals surface area (Å²) >= 11 is 1.91. The normalized spacial score (nSPS) is 21.0. The Bertz CT molecular complexity index is 297. The van der Waals surface area contributed by atoms with Gasteiger partial charge in [-0.25, -0.2) is 0 Å². The molecule has 0 spiro atoms. The van der Waals surface area contributed by atoms with Crippen molar-refractivity contribution in [2.45, 2.75) is 37.4 Å². The van der Waals surface area contributed by atoms with Crippen LogP contribution in [0, 0.1) is 0 Å². The Kier molecular flexibility index (Phi) is 4.02. The van der Waals surface area contributed by atoms with Gasteiger partial charge in [0.2, 0.25) is 5.89 Å². The van der Waals surface area contributed by atoms with Gasteiger partial charge in [-0.1, -0.05) is 5.16 Å². The number of unbranched alkanes of at least 4 members (excludes halogenated alkanes) is 1. The molecule has 1 aromatic rings. The van der Waals surface area contributed by atoms with E-state index < -0.39 is 0 Å². The first-order valence-corrected chi connectivity index (χ1v) is 6.50. The van der Waals surface area contributed by atoms with Gasteiger partial charge in [-0.05, 0) is 31.4 Å². The molecule has 1 N–H and O–H groups in total. The van der Waals surface area contributed by atoms with E-state index in [0.29, 0.717) is 11.1 Å². The molecule has 0 radical (unpaired) electrons. The molecule has 2 heterocycles. The Balaban J connectivity index is 1.86. The summed E-state index contributed by atoms with van der Waals surface area (Å²) in [5.74, 6) is 2.78. The summed E-state index contributed by atoms with van der Waals surface area (Å²) in [7, 11) is 0. The van der Waals surface area contributed by atoms with E-state index in [0.717, 1.165) is 25.1 Å². The van der Waals surface area contributed by atoms with Gasteiger partial charge in [0.25, 0.3) is 0 Å². The molecule has 1 aromatic heterocycles. The number of nitrogens with zero attached hydrogens (tertiary/aromatic N) is 2. The third-order valence-corrected chi connectivity index (χ3v) is 3.87. The predicted molar refractivity (Wildman–Crippen MR) is 58.8 cm³/mol. The standard InChI is InChI=1S/C10H16N2O2S/c13-6-2-1-5-9-11-10(12-14-9)8-4-3-7-15-8/h8,13H,1-7H2. The Hall–Kier alpha value is -0.550. The van der Waals surface area contributed by atoms with Gasteiger partial charge in [0.05, 0.1) is 5.25 Å². The second-order valence-corrected chi connectivity index (χ2v) is 5.04. The van der Waals surface area contributed by atoms with E-state index in [2.05, 4.69) is 10.1 Å². The molecule has 1 aliphatic heterocycles. The molecule has 1 atom stereocenters. The molecule has 15 heavy (non-hydrogen) atoms. The van der Waals surface area contributed by atoms with E-state index in [-0.39, 0.29) is 6.61 Å². The first-order chi connectivity index (χ1) is 7.40. The van der Waals surface area contributed by atoms with Crippen molar-refractivity contribution >= 4 is 11.8 Å². The number of hydrogen-bond donors (Lipinski definition) is 1. The number of aliphatic hydroxyl groups excluding tert-OH is 1. The number of thioether (sulfide) groups is 1. The first kappa shape index (κ1) is 11.0. The van der Waals surface area contributed by atoms with Crippen molar-refractivity contribution in [3.8, 4) is 0 Å². The van der Waals surface area contributed by atoms with E-state index in [1.807, 2.05) is 11.8 Å². The van der Waals surface area contributed by atoms with Crippen LogP contribution in [0.3, 0.4) is 0 Å². The number of hydrogen-bond acceptors (Lipinski definition) is 5. The average Bonchev–Trinajstić information content (AvgIpc) is 2.87. The lowest BCUT2D eigenvalue weighted by atomic mass is 10.2. The first-order valence-electron chi connectivity index (χ1n) is 5.45. The zero-order valence-electron chi connectivity index (χ0n) is 8.69. The summed E-state index contributed by atoms with van der Waals surface area (Å²) in [6, 6.07) is 0. The summed E-state index contributed by atoms with van der Waals surface area (Å²) in [5, 5.41) is 13.1. The van der Waals surface area contributed by atoms with Gasteiger partial charge in [0.15, 0.2) is 5.82 Å². The Labute approximate surface area is 93.4 Å². The molecule has 5 heteroatoms. The van der Waals surface area contributed by atoms with Gasteiger partial charge < -0.3 is 9.63 Å². The fourth-order valence-corrected chi connectivity index (χ4v) is 2.87. The second kappa shape index (κ2) is 5.51. The van der Waals surface area contributed by atoms with Gasteiger partial charge in [0.1, 0.15) is 0 Å². The third-order valence-electron chi connectivity index (χ3n) is 2.50. The maximum atomic E-state index is 8.65. The molecular formula is C10H16N2O2S. The van der Waals surface area contributed by atoms with Crippen LogP contribution in [0.1, 0.15) is 42.6 Å². The minimum atomic E-state index is 0.236. The Morgan fingerprint density at radius 2 is 2.40 bits per heavy atom. The minimum absolute atomic E-state index is 0.236. The van der Waals surface area contributed by atoms with Gasteiger partial charge in [0, 0.05) is 13.0 Å². The van der Waals surface area contributed by atoms with Crippen LogP contribution in [0.15, 0.2) is 4.52 Å². The Morgan fingerprint density at radius 3 is 3.13 bits per heavy atom. The highest BCUT2D eigenvalue weighted by molar-refractivity contribution is 7.99. The highest BCUT2D eigenvalue weighted by Crippen LogP contribution is 2.38. The van der Waals surface area contributed by atoms with E-state index in [4.69, 9.17) is 9.63 Å². The maximum absolute atomic E-state index is 8.65. The highest BCUT2D eigenvalue weighted by Gasteiger charge is 2.22. The summed E-state index contributed by atoms with van der Waals surface area (Å²) in [5.41, 5.74) is 0. The lowest BCUT2D eigenvalue weighted by Gasteiger charge is -1.98. The summed E-state index contributed by atoms with van der Waals surface area (Å²) in [4.78, 5) is 4.38. The van der Waals surface area contributed by atoms with E-state index in [9.17, 15) is 0 Å². The van der Waals surface area contributed by atoms with Crippen molar-refractivity contribution in [2.24, 2.45) is 0 Å². The largest absolute Gasteiger partial charge is 0.396 e. The molecule has 0 amide bonds. The number of aliphatic hydroxyl groups is 1. The molecular weight excluding hydrogens is 212 g/mol. The van der Waals surface area contributed by atoms with Crippen LogP contribution in [0.25, 0.3) is 0 Å². The fourth-order valence-electron chi connectivity index (χ4n) is 1.67. The Morgan fingerprint density at radius 1 is 1.47 bits per heavy atom. The summed E-state index contributed by atoms with van der Waals surface area (Å²) in [6.45, 7) is 0.236. The van der Waals surface area contributed by atoms with Crippen molar-refractivity contribution in [3.05, 3.63) is 11.7 Å². The van der Waals surface area contributed by atoms with Crippen LogP contribution >= 0.6 is 11.8 Å². The summed E-state index contributed by atoms with van der Waals surface area (Å²) in [6.07, 6.45) is 4.92. The highest BCUT2D eigenvalue weighted by atomic mass is 32.2. The molecule has 0 aliphatic carbocycles. The monoisotopic (exact) mass is 228 g/mol.